The second kappa shape index (κ2) is 12.5. The average molecular weight is 487 g/mol. The van der Waals surface area contributed by atoms with Crippen LogP contribution in [0.2, 0.25) is 0 Å². The zero-order chi connectivity index (χ0) is 23.7. The van der Waals surface area contributed by atoms with Gasteiger partial charge < -0.3 is 15.4 Å². The lowest BCUT2D eigenvalue weighted by molar-refractivity contribution is -0.136. The summed E-state index contributed by atoms with van der Waals surface area (Å²) in [6.45, 7) is 2.68. The van der Waals surface area contributed by atoms with Crippen molar-refractivity contribution in [2.45, 2.75) is 56.1 Å². The summed E-state index contributed by atoms with van der Waals surface area (Å²) in [7, 11) is 0. The van der Waals surface area contributed by atoms with Crippen LogP contribution in [-0.4, -0.2) is 42.6 Å². The van der Waals surface area contributed by atoms with E-state index in [1.165, 1.54) is 0 Å². The van der Waals surface area contributed by atoms with Gasteiger partial charge in [0.15, 0.2) is 0 Å². The van der Waals surface area contributed by atoms with Crippen molar-refractivity contribution in [3.8, 4) is 0 Å². The van der Waals surface area contributed by atoms with Crippen LogP contribution in [0.1, 0.15) is 38.2 Å². The summed E-state index contributed by atoms with van der Waals surface area (Å²) in [6, 6.07) is 16.8. The number of anilines is 1. The van der Waals surface area contributed by atoms with Gasteiger partial charge in [0.05, 0.1) is 11.5 Å². The number of carbonyl (C=O) groups is 2. The first-order chi connectivity index (χ1) is 16.0. The Morgan fingerprint density at radius 2 is 1.79 bits per heavy atom. The van der Waals surface area contributed by atoms with Crippen LogP contribution < -0.4 is 10.6 Å². The Morgan fingerprint density at radius 1 is 1.12 bits per heavy atom. The summed E-state index contributed by atoms with van der Waals surface area (Å²) < 4.78 is 5.76. The first-order valence-corrected chi connectivity index (χ1v) is 13.4. The van der Waals surface area contributed by atoms with E-state index in [0.717, 1.165) is 23.3 Å². The second-order valence-corrected chi connectivity index (χ2v) is 9.72. The van der Waals surface area contributed by atoms with Crippen molar-refractivity contribution in [3.63, 3.8) is 0 Å². The van der Waals surface area contributed by atoms with Crippen LogP contribution in [0.5, 0.6) is 0 Å². The number of hydrogen-bond donors (Lipinski definition) is 3. The van der Waals surface area contributed by atoms with Crippen LogP contribution in [0.4, 0.5) is 5.69 Å². The summed E-state index contributed by atoms with van der Waals surface area (Å²) in [5, 5.41) is 6.05. The van der Waals surface area contributed by atoms with E-state index in [1.54, 1.807) is 11.8 Å². The number of thiol groups is 1. The number of rotatable bonds is 10. The summed E-state index contributed by atoms with van der Waals surface area (Å²) in [6.07, 6.45) is 5.72. The fourth-order valence-corrected chi connectivity index (χ4v) is 5.15. The fourth-order valence-electron chi connectivity index (χ4n) is 4.28. The Balaban J connectivity index is 1.74. The lowest BCUT2D eigenvalue weighted by atomic mass is 9.73. The molecular formula is C26H34N2O3S2. The zero-order valence-electron chi connectivity index (χ0n) is 19.4. The van der Waals surface area contributed by atoms with E-state index in [9.17, 15) is 9.59 Å². The number of ether oxygens (including phenoxy) is 1. The molecule has 1 aliphatic rings. The van der Waals surface area contributed by atoms with E-state index in [-0.39, 0.29) is 17.9 Å². The number of amides is 2. The van der Waals surface area contributed by atoms with Gasteiger partial charge in [-0.2, -0.15) is 12.6 Å². The molecule has 178 valence electrons. The van der Waals surface area contributed by atoms with Gasteiger partial charge in [0.1, 0.15) is 6.04 Å². The molecule has 0 unspecified atom stereocenters. The smallest absolute Gasteiger partial charge is 0.247 e. The number of nitrogens with one attached hydrogen (secondary N) is 2. The molecule has 0 heterocycles. The van der Waals surface area contributed by atoms with Crippen molar-refractivity contribution in [1.29, 1.82) is 0 Å². The third-order valence-electron chi connectivity index (χ3n) is 6.34. The monoisotopic (exact) mass is 486 g/mol. The van der Waals surface area contributed by atoms with Crippen LogP contribution in [-0.2, 0) is 20.7 Å². The molecule has 2 amide bonds. The maximum Gasteiger partial charge on any atom is 0.247 e. The molecule has 7 heteroatoms. The Morgan fingerprint density at radius 3 is 2.36 bits per heavy atom. The van der Waals surface area contributed by atoms with E-state index >= 15 is 0 Å². The molecule has 1 atom stereocenters. The molecule has 0 aliphatic heterocycles. The Hall–Kier alpha value is -1.96. The predicted octanol–water partition coefficient (Wildman–Crippen LogP) is 4.97. The topological polar surface area (TPSA) is 67.4 Å². The van der Waals surface area contributed by atoms with Crippen molar-refractivity contribution in [1.82, 2.24) is 5.32 Å². The molecule has 0 bridgehead atoms. The summed E-state index contributed by atoms with van der Waals surface area (Å²) >= 11 is 6.19. The van der Waals surface area contributed by atoms with Gasteiger partial charge >= 0.3 is 0 Å². The largest absolute Gasteiger partial charge is 0.379 e. The highest BCUT2D eigenvalue weighted by Gasteiger charge is 2.42. The standard InChI is InChI=1S/C26H34N2O3S2/c1-3-31-21-13-15-26(18-32,16-14-21)25(30)28-23(17-19-7-5-4-6-8-19)24(29)27-20-9-11-22(33-2)12-10-20/h4-12,21,23,32H,3,13-18H2,1-2H3,(H,27,29)(H,28,30)/t21-,23-,26+/m0/s1. The van der Waals surface area contributed by atoms with E-state index in [0.29, 0.717) is 37.3 Å². The van der Waals surface area contributed by atoms with Gasteiger partial charge in [-0.25, -0.2) is 0 Å². The zero-order valence-corrected chi connectivity index (χ0v) is 21.1. The van der Waals surface area contributed by atoms with E-state index in [1.807, 2.05) is 67.8 Å². The predicted molar refractivity (Wildman–Crippen MR) is 139 cm³/mol. The van der Waals surface area contributed by atoms with E-state index in [2.05, 4.69) is 23.3 Å². The Labute approximate surface area is 206 Å². The third kappa shape index (κ3) is 7.01. The number of carbonyl (C=O) groups excluding carboxylic acids is 2. The Kier molecular flexibility index (Phi) is 9.71. The molecule has 0 aromatic heterocycles. The van der Waals surface area contributed by atoms with Gasteiger partial charge in [0.25, 0.3) is 0 Å². The van der Waals surface area contributed by atoms with Crippen molar-refractivity contribution < 1.29 is 14.3 Å². The lowest BCUT2D eigenvalue weighted by Crippen LogP contribution is -2.53. The highest BCUT2D eigenvalue weighted by molar-refractivity contribution is 7.98. The minimum Gasteiger partial charge on any atom is -0.379 e. The molecule has 0 spiro atoms. The van der Waals surface area contributed by atoms with Gasteiger partial charge in [-0.1, -0.05) is 30.3 Å². The molecular weight excluding hydrogens is 452 g/mol. The molecule has 33 heavy (non-hydrogen) atoms. The molecule has 5 nitrogen and oxygen atoms in total. The van der Waals surface area contributed by atoms with Gasteiger partial charge in [-0.3, -0.25) is 9.59 Å². The highest BCUT2D eigenvalue weighted by Crippen LogP contribution is 2.39. The maximum absolute atomic E-state index is 13.5. The molecule has 1 fully saturated rings. The van der Waals surface area contributed by atoms with Crippen molar-refractivity contribution >= 4 is 41.9 Å². The first-order valence-electron chi connectivity index (χ1n) is 11.5. The van der Waals surface area contributed by atoms with Crippen molar-refractivity contribution in [2.75, 3.05) is 23.9 Å². The van der Waals surface area contributed by atoms with Crippen LogP contribution in [0.15, 0.2) is 59.5 Å². The van der Waals surface area contributed by atoms with Crippen LogP contribution in [0.25, 0.3) is 0 Å². The molecule has 2 N–H and O–H groups in total. The maximum atomic E-state index is 13.5. The van der Waals surface area contributed by atoms with Crippen LogP contribution in [0.3, 0.4) is 0 Å². The SMILES string of the molecule is CCO[C@H]1CC[C@@](CS)(C(=O)N[C@@H](Cc2ccccc2)C(=O)Nc2ccc(SC)cc2)CC1. The van der Waals surface area contributed by atoms with Crippen LogP contribution in [0, 0.1) is 5.41 Å². The molecule has 3 rings (SSSR count). The molecule has 0 radical (unpaired) electrons. The quantitative estimate of drug-likeness (QED) is 0.328. The van der Waals surface area contributed by atoms with Gasteiger partial charge in [0, 0.05) is 29.4 Å². The van der Waals surface area contributed by atoms with Gasteiger partial charge in [0.2, 0.25) is 11.8 Å². The third-order valence-corrected chi connectivity index (χ3v) is 7.69. The molecule has 0 saturated heterocycles. The minimum absolute atomic E-state index is 0.0961. The van der Waals surface area contributed by atoms with E-state index in [4.69, 9.17) is 4.74 Å². The van der Waals surface area contributed by atoms with Crippen LogP contribution >= 0.6 is 24.4 Å². The number of hydrogen-bond acceptors (Lipinski definition) is 5. The number of thioether (sulfide) groups is 1. The lowest BCUT2D eigenvalue weighted by Gasteiger charge is -2.38. The van der Waals surface area contributed by atoms with Crippen molar-refractivity contribution in [2.24, 2.45) is 5.41 Å². The summed E-state index contributed by atoms with van der Waals surface area (Å²) in [4.78, 5) is 27.8. The molecule has 2 aromatic carbocycles. The molecule has 1 saturated carbocycles. The highest BCUT2D eigenvalue weighted by atomic mass is 32.2. The van der Waals surface area contributed by atoms with Gasteiger partial charge in [-0.15, -0.1) is 11.8 Å². The Bertz CT molecular complexity index is 898. The number of benzene rings is 2. The normalized spacial score (nSPS) is 21.2. The van der Waals surface area contributed by atoms with Gasteiger partial charge in [-0.05, 0) is 68.7 Å². The summed E-state index contributed by atoms with van der Waals surface area (Å²) in [5.41, 5.74) is 1.13. The van der Waals surface area contributed by atoms with Crippen molar-refractivity contribution in [3.05, 3.63) is 60.2 Å². The fraction of sp³-hybridized carbons (Fsp3) is 0.462. The average Bonchev–Trinajstić information content (AvgIpc) is 2.85. The minimum atomic E-state index is -0.679. The molecule has 1 aliphatic carbocycles. The van der Waals surface area contributed by atoms with E-state index < -0.39 is 11.5 Å². The first kappa shape index (κ1) is 25.7. The second-order valence-electron chi connectivity index (χ2n) is 8.53. The summed E-state index contributed by atoms with van der Waals surface area (Å²) in [5.74, 6) is 0.135. The molecule has 2 aromatic rings.